The average molecular weight is 488 g/mol. The zero-order valence-electron chi connectivity index (χ0n) is 20.7. The highest BCUT2D eigenvalue weighted by atomic mass is 16.5. The molecule has 0 bridgehead atoms. The number of hydrazine groups is 1. The van der Waals surface area contributed by atoms with Crippen LogP contribution in [-0.2, 0) is 11.2 Å². The Morgan fingerprint density at radius 1 is 0.917 bits per heavy atom. The van der Waals surface area contributed by atoms with E-state index >= 15 is 0 Å². The van der Waals surface area contributed by atoms with E-state index in [1.165, 1.54) is 0 Å². The van der Waals surface area contributed by atoms with Gasteiger partial charge in [-0.05, 0) is 54.3 Å². The molecular formula is C29H33N3O4. The molecule has 2 heterocycles. The number of phenolic OH excluding ortho intramolecular Hbond substituents is 1. The second kappa shape index (κ2) is 10.6. The van der Waals surface area contributed by atoms with Gasteiger partial charge in [0.2, 0.25) is 5.91 Å². The summed E-state index contributed by atoms with van der Waals surface area (Å²) in [6.45, 7) is 3.34. The van der Waals surface area contributed by atoms with Crippen molar-refractivity contribution in [2.45, 2.75) is 37.9 Å². The molecule has 0 aromatic heterocycles. The molecule has 0 spiro atoms. The number of hydrogen-bond acceptors (Lipinski definition) is 6. The molecule has 7 heteroatoms. The Balaban J connectivity index is 1.46. The van der Waals surface area contributed by atoms with Gasteiger partial charge in [0.25, 0.3) is 0 Å². The molecule has 188 valence electrons. The predicted octanol–water partition coefficient (Wildman–Crippen LogP) is 4.15. The Labute approximate surface area is 212 Å². The SMILES string of the molecule is CCCOc1ccc(C2C3C(NNC3c3ccccc3O)C(=O)N2CCc2ccc(OC)cc2)cc1. The molecule has 4 atom stereocenters. The third-order valence-electron chi connectivity index (χ3n) is 7.18. The van der Waals surface area contributed by atoms with Crippen molar-refractivity contribution in [1.82, 2.24) is 15.8 Å². The van der Waals surface area contributed by atoms with E-state index in [1.807, 2.05) is 59.5 Å². The van der Waals surface area contributed by atoms with Gasteiger partial charge in [-0.2, -0.15) is 0 Å². The van der Waals surface area contributed by atoms with Crippen LogP contribution in [0.2, 0.25) is 0 Å². The first-order valence-electron chi connectivity index (χ1n) is 12.6. The summed E-state index contributed by atoms with van der Waals surface area (Å²) in [5.41, 5.74) is 9.52. The highest BCUT2D eigenvalue weighted by Crippen LogP contribution is 2.48. The van der Waals surface area contributed by atoms with Crippen molar-refractivity contribution < 1.29 is 19.4 Å². The lowest BCUT2D eigenvalue weighted by Crippen LogP contribution is -2.42. The van der Waals surface area contributed by atoms with Gasteiger partial charge in [0.15, 0.2) is 0 Å². The van der Waals surface area contributed by atoms with Crippen molar-refractivity contribution in [1.29, 1.82) is 0 Å². The molecule has 0 radical (unpaired) electrons. The van der Waals surface area contributed by atoms with Crippen LogP contribution in [0.15, 0.2) is 72.8 Å². The molecular weight excluding hydrogens is 454 g/mol. The lowest BCUT2D eigenvalue weighted by atomic mass is 9.83. The number of phenols is 1. The summed E-state index contributed by atoms with van der Waals surface area (Å²) in [5.74, 6) is 1.84. The summed E-state index contributed by atoms with van der Waals surface area (Å²) in [7, 11) is 1.65. The van der Waals surface area contributed by atoms with E-state index in [4.69, 9.17) is 9.47 Å². The average Bonchev–Trinajstić information content (AvgIpc) is 3.46. The van der Waals surface area contributed by atoms with Crippen LogP contribution in [0.4, 0.5) is 0 Å². The van der Waals surface area contributed by atoms with Crippen molar-refractivity contribution in [2.75, 3.05) is 20.3 Å². The maximum Gasteiger partial charge on any atom is 0.242 e. The van der Waals surface area contributed by atoms with Gasteiger partial charge in [-0.1, -0.05) is 49.4 Å². The standard InChI is InChI=1S/C29H33N3O4/c1-3-18-36-22-14-10-20(11-15-22)28-25-26(23-6-4-5-7-24(23)33)30-31-27(25)29(34)32(28)17-16-19-8-12-21(35-2)13-9-19/h4-15,25-28,30-31,33H,3,16-18H2,1-2H3. The summed E-state index contributed by atoms with van der Waals surface area (Å²) < 4.78 is 11.1. The molecule has 3 N–H and O–H groups in total. The highest BCUT2D eigenvalue weighted by molar-refractivity contribution is 5.86. The zero-order valence-corrected chi connectivity index (χ0v) is 20.7. The lowest BCUT2D eigenvalue weighted by molar-refractivity contribution is -0.130. The van der Waals surface area contributed by atoms with Crippen LogP contribution >= 0.6 is 0 Å². The molecule has 2 aliphatic rings. The molecule has 3 aromatic carbocycles. The van der Waals surface area contributed by atoms with Crippen molar-refractivity contribution in [2.24, 2.45) is 5.92 Å². The Morgan fingerprint density at radius 2 is 1.61 bits per heavy atom. The van der Waals surface area contributed by atoms with Crippen molar-refractivity contribution in [3.05, 3.63) is 89.5 Å². The van der Waals surface area contributed by atoms with Gasteiger partial charge in [-0.15, -0.1) is 0 Å². The van der Waals surface area contributed by atoms with E-state index < -0.39 is 0 Å². The molecule has 7 nitrogen and oxygen atoms in total. The number of ether oxygens (including phenoxy) is 2. The summed E-state index contributed by atoms with van der Waals surface area (Å²) in [4.78, 5) is 15.7. The van der Waals surface area contributed by atoms with Gasteiger partial charge in [0.1, 0.15) is 23.3 Å². The Hall–Kier alpha value is -3.55. The maximum absolute atomic E-state index is 13.7. The number of nitrogens with zero attached hydrogens (tertiary/aromatic N) is 1. The number of methoxy groups -OCH3 is 1. The molecule has 2 aliphatic heterocycles. The number of para-hydroxylation sites is 1. The Morgan fingerprint density at radius 3 is 2.31 bits per heavy atom. The lowest BCUT2D eigenvalue weighted by Gasteiger charge is -2.31. The molecule has 3 aromatic rings. The van der Waals surface area contributed by atoms with Crippen molar-refractivity contribution >= 4 is 5.91 Å². The summed E-state index contributed by atoms with van der Waals surface area (Å²) in [6.07, 6.45) is 1.68. The molecule has 2 fully saturated rings. The Bertz CT molecular complexity index is 1180. The third kappa shape index (κ3) is 4.64. The third-order valence-corrected chi connectivity index (χ3v) is 7.18. The fourth-order valence-electron chi connectivity index (χ4n) is 5.39. The van der Waals surface area contributed by atoms with Crippen LogP contribution in [-0.4, -0.2) is 42.2 Å². The summed E-state index contributed by atoms with van der Waals surface area (Å²) >= 11 is 0. The highest BCUT2D eigenvalue weighted by Gasteiger charge is 2.55. The van der Waals surface area contributed by atoms with Gasteiger partial charge < -0.3 is 19.5 Å². The number of rotatable bonds is 9. The van der Waals surface area contributed by atoms with Crippen LogP contribution in [0, 0.1) is 5.92 Å². The predicted molar refractivity (Wildman–Crippen MR) is 138 cm³/mol. The molecule has 36 heavy (non-hydrogen) atoms. The van der Waals surface area contributed by atoms with Gasteiger partial charge in [-0.25, -0.2) is 10.9 Å². The largest absolute Gasteiger partial charge is 0.508 e. The summed E-state index contributed by atoms with van der Waals surface area (Å²) in [5, 5.41) is 10.6. The first-order valence-corrected chi connectivity index (χ1v) is 12.6. The quantitative estimate of drug-likeness (QED) is 0.421. The number of fused-ring (bicyclic) bond motifs is 1. The van der Waals surface area contributed by atoms with Gasteiger partial charge in [0.05, 0.1) is 25.8 Å². The zero-order chi connectivity index (χ0) is 25.1. The molecule has 2 saturated heterocycles. The van der Waals surface area contributed by atoms with E-state index in [0.29, 0.717) is 13.2 Å². The fraction of sp³-hybridized carbons (Fsp3) is 0.345. The topological polar surface area (TPSA) is 83.1 Å². The number of nitrogens with one attached hydrogen (secondary N) is 2. The monoisotopic (exact) mass is 487 g/mol. The number of amides is 1. The van der Waals surface area contributed by atoms with Crippen LogP contribution in [0.1, 0.15) is 42.1 Å². The number of carbonyl (C=O) groups is 1. The van der Waals surface area contributed by atoms with Crippen molar-refractivity contribution in [3.8, 4) is 17.2 Å². The van der Waals surface area contributed by atoms with Crippen LogP contribution in [0.5, 0.6) is 17.2 Å². The van der Waals surface area contributed by atoms with E-state index in [-0.39, 0.29) is 35.7 Å². The number of carbonyl (C=O) groups excluding carboxylic acids is 1. The first-order chi connectivity index (χ1) is 17.6. The number of benzene rings is 3. The van der Waals surface area contributed by atoms with Gasteiger partial charge >= 0.3 is 0 Å². The summed E-state index contributed by atoms with van der Waals surface area (Å²) in [6, 6.07) is 22.6. The van der Waals surface area contributed by atoms with Crippen LogP contribution in [0.3, 0.4) is 0 Å². The molecule has 5 rings (SSSR count). The molecule has 1 amide bonds. The normalized spacial score (nSPS) is 23.1. The first kappa shape index (κ1) is 24.2. The van der Waals surface area contributed by atoms with Crippen molar-refractivity contribution in [3.63, 3.8) is 0 Å². The second-order valence-corrected chi connectivity index (χ2v) is 9.37. The van der Waals surface area contributed by atoms with E-state index in [1.54, 1.807) is 13.2 Å². The van der Waals surface area contributed by atoms with Gasteiger partial charge in [0, 0.05) is 18.0 Å². The Kier molecular flexibility index (Phi) is 7.11. The van der Waals surface area contributed by atoms with E-state index in [9.17, 15) is 9.90 Å². The molecule has 0 saturated carbocycles. The van der Waals surface area contributed by atoms with E-state index in [2.05, 4.69) is 29.9 Å². The smallest absolute Gasteiger partial charge is 0.242 e. The minimum Gasteiger partial charge on any atom is -0.508 e. The maximum atomic E-state index is 13.7. The number of likely N-dealkylation sites (tertiary alicyclic amines) is 1. The fourth-order valence-corrected chi connectivity index (χ4v) is 5.39. The number of aromatic hydroxyl groups is 1. The minimum absolute atomic E-state index is 0.0650. The second-order valence-electron chi connectivity index (χ2n) is 9.37. The van der Waals surface area contributed by atoms with E-state index in [0.717, 1.165) is 41.0 Å². The van der Waals surface area contributed by atoms with Gasteiger partial charge in [-0.3, -0.25) is 4.79 Å². The minimum atomic E-state index is -0.383. The number of hydrogen-bond donors (Lipinski definition) is 3. The molecule has 0 aliphatic carbocycles. The molecule has 4 unspecified atom stereocenters. The van der Waals surface area contributed by atoms with Crippen LogP contribution in [0.25, 0.3) is 0 Å². The van der Waals surface area contributed by atoms with Crippen LogP contribution < -0.4 is 20.3 Å².